The largest absolute Gasteiger partial charge is 0.496 e. The second-order valence-electron chi connectivity index (χ2n) is 8.21. The van der Waals surface area contributed by atoms with E-state index in [1.165, 1.54) is 18.9 Å². The second-order valence-corrected chi connectivity index (χ2v) is 8.62. The lowest BCUT2D eigenvalue weighted by Crippen LogP contribution is -2.13. The summed E-state index contributed by atoms with van der Waals surface area (Å²) in [5, 5.41) is 11.0. The number of carbonyl (C=O) groups excluding carboxylic acids is 1. The van der Waals surface area contributed by atoms with E-state index < -0.39 is 0 Å². The maximum Gasteiger partial charge on any atom is 0.259 e. The molecule has 2 N–H and O–H groups in total. The van der Waals surface area contributed by atoms with Crippen LogP contribution in [0.25, 0.3) is 11.4 Å². The third-order valence-corrected chi connectivity index (χ3v) is 5.72. The van der Waals surface area contributed by atoms with E-state index in [1.54, 1.807) is 18.2 Å². The molecule has 1 amide bonds. The SMILES string of the molecule is CCc1ccc(NC(=O)c2ccc(Nc3ncc(Cl)c(-c4ccn(C(C)C)n4)n3)cc2OC)cc1. The number of halogens is 1. The van der Waals surface area contributed by atoms with Gasteiger partial charge in [-0.3, -0.25) is 9.48 Å². The van der Waals surface area contributed by atoms with Gasteiger partial charge in [0, 0.05) is 29.7 Å². The van der Waals surface area contributed by atoms with Gasteiger partial charge < -0.3 is 15.4 Å². The average molecular weight is 491 g/mol. The van der Waals surface area contributed by atoms with Crippen LogP contribution in [0, 0.1) is 0 Å². The lowest BCUT2D eigenvalue weighted by molar-refractivity contribution is 0.102. The van der Waals surface area contributed by atoms with Crippen LogP contribution < -0.4 is 15.4 Å². The van der Waals surface area contributed by atoms with Crippen LogP contribution in [0.4, 0.5) is 17.3 Å². The molecule has 2 aromatic heterocycles. The fraction of sp³-hybridized carbons (Fsp3) is 0.231. The number of nitrogens with one attached hydrogen (secondary N) is 2. The first-order chi connectivity index (χ1) is 16.9. The highest BCUT2D eigenvalue weighted by molar-refractivity contribution is 6.32. The lowest BCUT2D eigenvalue weighted by Gasteiger charge is -2.12. The lowest BCUT2D eigenvalue weighted by atomic mass is 10.1. The van der Waals surface area contributed by atoms with Crippen molar-refractivity contribution in [1.29, 1.82) is 0 Å². The quantitative estimate of drug-likeness (QED) is 0.308. The minimum absolute atomic E-state index is 0.223. The number of hydrogen-bond donors (Lipinski definition) is 2. The number of aromatic nitrogens is 4. The van der Waals surface area contributed by atoms with Crippen LogP contribution in [-0.2, 0) is 6.42 Å². The number of benzene rings is 2. The van der Waals surface area contributed by atoms with Crippen LogP contribution in [0.15, 0.2) is 60.9 Å². The van der Waals surface area contributed by atoms with E-state index in [2.05, 4.69) is 32.6 Å². The van der Waals surface area contributed by atoms with Crippen LogP contribution in [0.1, 0.15) is 42.7 Å². The number of amides is 1. The van der Waals surface area contributed by atoms with Gasteiger partial charge in [-0.1, -0.05) is 30.7 Å². The zero-order valence-corrected chi connectivity index (χ0v) is 20.8. The molecule has 0 aliphatic rings. The second kappa shape index (κ2) is 10.6. The Hall–Kier alpha value is -3.91. The molecule has 0 fully saturated rings. The Morgan fingerprint density at radius 2 is 1.86 bits per heavy atom. The predicted octanol–water partition coefficient (Wildman–Crippen LogP) is 6.14. The van der Waals surface area contributed by atoms with E-state index >= 15 is 0 Å². The summed E-state index contributed by atoms with van der Waals surface area (Å²) in [6, 6.07) is 15.0. The summed E-state index contributed by atoms with van der Waals surface area (Å²) in [4.78, 5) is 21.7. The molecule has 0 bridgehead atoms. The molecule has 0 aliphatic carbocycles. The Bertz CT molecular complexity index is 1330. The molecule has 9 heteroatoms. The molecular weight excluding hydrogens is 464 g/mol. The molecule has 0 aliphatic heterocycles. The Kier molecular flexibility index (Phi) is 7.31. The summed E-state index contributed by atoms with van der Waals surface area (Å²) in [7, 11) is 1.52. The van der Waals surface area contributed by atoms with Crippen LogP contribution in [-0.4, -0.2) is 32.8 Å². The van der Waals surface area contributed by atoms with Gasteiger partial charge >= 0.3 is 0 Å². The highest BCUT2D eigenvalue weighted by Crippen LogP contribution is 2.29. The van der Waals surface area contributed by atoms with E-state index in [1.807, 2.05) is 55.1 Å². The maximum absolute atomic E-state index is 12.8. The van der Waals surface area contributed by atoms with Crippen molar-refractivity contribution in [3.05, 3.63) is 77.1 Å². The van der Waals surface area contributed by atoms with Gasteiger partial charge in [-0.25, -0.2) is 9.97 Å². The molecule has 180 valence electrons. The highest BCUT2D eigenvalue weighted by Gasteiger charge is 2.15. The van der Waals surface area contributed by atoms with E-state index in [9.17, 15) is 4.79 Å². The zero-order valence-electron chi connectivity index (χ0n) is 20.0. The third-order valence-electron chi connectivity index (χ3n) is 5.45. The van der Waals surface area contributed by atoms with Crippen molar-refractivity contribution in [2.75, 3.05) is 17.7 Å². The van der Waals surface area contributed by atoms with Crippen LogP contribution in [0.5, 0.6) is 5.75 Å². The van der Waals surface area contributed by atoms with Gasteiger partial charge in [0.2, 0.25) is 5.95 Å². The Morgan fingerprint density at radius 1 is 1.11 bits per heavy atom. The zero-order chi connectivity index (χ0) is 24.9. The van der Waals surface area contributed by atoms with Crippen LogP contribution >= 0.6 is 11.6 Å². The Morgan fingerprint density at radius 3 is 2.51 bits per heavy atom. The molecular formula is C26H27ClN6O2. The molecule has 0 saturated carbocycles. The molecule has 0 saturated heterocycles. The van der Waals surface area contributed by atoms with E-state index in [0.717, 1.165) is 12.1 Å². The van der Waals surface area contributed by atoms with Gasteiger partial charge in [0.05, 0.1) is 23.9 Å². The van der Waals surface area contributed by atoms with E-state index in [-0.39, 0.29) is 11.9 Å². The van der Waals surface area contributed by atoms with E-state index in [4.69, 9.17) is 16.3 Å². The first kappa shape index (κ1) is 24.2. The molecule has 8 nitrogen and oxygen atoms in total. The van der Waals surface area contributed by atoms with Gasteiger partial charge in [0.25, 0.3) is 5.91 Å². The minimum Gasteiger partial charge on any atom is -0.496 e. The number of aryl methyl sites for hydroxylation is 1. The summed E-state index contributed by atoms with van der Waals surface area (Å²) in [5.41, 5.74) is 4.18. The number of methoxy groups -OCH3 is 1. The Labute approximate surface area is 209 Å². The highest BCUT2D eigenvalue weighted by atomic mass is 35.5. The molecule has 0 spiro atoms. The number of anilines is 3. The summed E-state index contributed by atoms with van der Waals surface area (Å²) in [6.45, 7) is 6.18. The standard InChI is InChI=1S/C26H27ClN6O2/c1-5-17-6-8-18(9-7-17)29-25(34)20-11-10-19(14-23(20)35-4)30-26-28-15-21(27)24(31-26)22-12-13-33(32-22)16(2)3/h6-16H,5H2,1-4H3,(H,29,34)(H,28,30,31). The molecule has 4 rings (SSSR count). The molecule has 2 aromatic carbocycles. The first-order valence-electron chi connectivity index (χ1n) is 11.3. The minimum atomic E-state index is -0.261. The maximum atomic E-state index is 12.8. The number of ether oxygens (including phenoxy) is 1. The molecule has 4 aromatic rings. The average Bonchev–Trinajstić information content (AvgIpc) is 3.36. The van der Waals surface area contributed by atoms with Gasteiger partial charge in [-0.15, -0.1) is 0 Å². The summed E-state index contributed by atoms with van der Waals surface area (Å²) < 4.78 is 7.32. The van der Waals surface area contributed by atoms with Crippen molar-refractivity contribution in [3.63, 3.8) is 0 Å². The fourth-order valence-electron chi connectivity index (χ4n) is 3.47. The van der Waals surface area contributed by atoms with Crippen molar-refractivity contribution < 1.29 is 9.53 Å². The summed E-state index contributed by atoms with van der Waals surface area (Å²) in [6.07, 6.45) is 4.36. The number of rotatable bonds is 8. The fourth-order valence-corrected chi connectivity index (χ4v) is 3.65. The summed E-state index contributed by atoms with van der Waals surface area (Å²) in [5.74, 6) is 0.504. The van der Waals surface area contributed by atoms with Crippen molar-refractivity contribution in [2.45, 2.75) is 33.2 Å². The van der Waals surface area contributed by atoms with Gasteiger partial charge in [0.1, 0.15) is 17.1 Å². The monoisotopic (exact) mass is 490 g/mol. The van der Waals surface area contributed by atoms with Gasteiger partial charge in [0.15, 0.2) is 0 Å². The van der Waals surface area contributed by atoms with Crippen LogP contribution in [0.3, 0.4) is 0 Å². The molecule has 2 heterocycles. The van der Waals surface area contributed by atoms with E-state index in [0.29, 0.717) is 39.4 Å². The van der Waals surface area contributed by atoms with Gasteiger partial charge in [-0.05, 0) is 56.2 Å². The topological polar surface area (TPSA) is 94.0 Å². The van der Waals surface area contributed by atoms with Crippen molar-refractivity contribution in [2.24, 2.45) is 0 Å². The van der Waals surface area contributed by atoms with Crippen molar-refractivity contribution in [1.82, 2.24) is 19.7 Å². The first-order valence-corrected chi connectivity index (χ1v) is 11.7. The smallest absolute Gasteiger partial charge is 0.259 e. The normalized spacial score (nSPS) is 10.9. The third kappa shape index (κ3) is 5.60. The van der Waals surface area contributed by atoms with Crippen molar-refractivity contribution in [3.8, 4) is 17.1 Å². The molecule has 0 atom stereocenters. The van der Waals surface area contributed by atoms with Crippen molar-refractivity contribution >= 4 is 34.8 Å². The predicted molar refractivity (Wildman–Crippen MR) is 139 cm³/mol. The molecule has 35 heavy (non-hydrogen) atoms. The summed E-state index contributed by atoms with van der Waals surface area (Å²) >= 11 is 6.34. The number of nitrogens with zero attached hydrogens (tertiary/aromatic N) is 4. The van der Waals surface area contributed by atoms with Crippen LogP contribution in [0.2, 0.25) is 5.02 Å². The Balaban J connectivity index is 1.53. The molecule has 0 radical (unpaired) electrons. The number of carbonyl (C=O) groups is 1. The molecule has 0 unspecified atom stereocenters. The van der Waals surface area contributed by atoms with Gasteiger partial charge in [-0.2, -0.15) is 5.10 Å². The number of hydrogen-bond acceptors (Lipinski definition) is 6.